The van der Waals surface area contributed by atoms with Crippen LogP contribution in [0.1, 0.15) is 18.4 Å². The number of halogens is 2. The largest absolute Gasteiger partial charge is 0.368 e. The zero-order valence-corrected chi connectivity index (χ0v) is 11.0. The molecule has 18 heavy (non-hydrogen) atoms. The summed E-state index contributed by atoms with van der Waals surface area (Å²) >= 11 is 11.9. The number of amides is 1. The van der Waals surface area contributed by atoms with E-state index in [0.717, 1.165) is 12.8 Å². The third-order valence-corrected chi connectivity index (χ3v) is 3.25. The third kappa shape index (κ3) is 3.22. The summed E-state index contributed by atoms with van der Waals surface area (Å²) in [5.41, 5.74) is 2.99. The summed E-state index contributed by atoms with van der Waals surface area (Å²) < 4.78 is 5.23. The molecule has 96 valence electrons. The first-order valence-electron chi connectivity index (χ1n) is 5.57. The Morgan fingerprint density at radius 1 is 1.44 bits per heavy atom. The molecule has 2 rings (SSSR count). The molecule has 0 bridgehead atoms. The summed E-state index contributed by atoms with van der Waals surface area (Å²) in [6, 6.07) is 5.15. The summed E-state index contributed by atoms with van der Waals surface area (Å²) in [5, 5.41) is 4.80. The molecule has 1 heterocycles. The summed E-state index contributed by atoms with van der Waals surface area (Å²) in [4.78, 5) is 11.6. The first-order chi connectivity index (χ1) is 8.68. The Morgan fingerprint density at radius 3 is 2.78 bits per heavy atom. The Bertz CT molecular complexity index is 451. The Labute approximate surface area is 115 Å². The van der Waals surface area contributed by atoms with Gasteiger partial charge in [-0.05, 0) is 25.0 Å². The zero-order valence-electron chi connectivity index (χ0n) is 9.53. The standard InChI is InChI=1S/C12H12Cl2N2O2/c13-9-3-1-4-10(14)8(9)7-15-16-12(17)11-5-2-6-18-11/h1,3-4,7,11H,2,5-6H2,(H,16,17)/b15-7+. The normalized spacial score (nSPS) is 19.3. The van der Waals surface area contributed by atoms with E-state index in [0.29, 0.717) is 22.2 Å². The van der Waals surface area contributed by atoms with Crippen LogP contribution in [0.2, 0.25) is 10.0 Å². The van der Waals surface area contributed by atoms with Crippen LogP contribution in [0.3, 0.4) is 0 Å². The second-order valence-corrected chi connectivity index (χ2v) is 4.69. The Hall–Kier alpha value is -1.10. The van der Waals surface area contributed by atoms with Crippen molar-refractivity contribution in [2.24, 2.45) is 5.10 Å². The number of hydrazone groups is 1. The molecule has 0 spiro atoms. The van der Waals surface area contributed by atoms with E-state index >= 15 is 0 Å². The maximum atomic E-state index is 11.6. The fraction of sp³-hybridized carbons (Fsp3) is 0.333. The predicted molar refractivity (Wildman–Crippen MR) is 71.2 cm³/mol. The number of ether oxygens (including phenoxy) is 1. The van der Waals surface area contributed by atoms with E-state index in [1.807, 2.05) is 0 Å². The van der Waals surface area contributed by atoms with Crippen LogP contribution in [-0.4, -0.2) is 24.8 Å². The van der Waals surface area contributed by atoms with E-state index < -0.39 is 6.10 Å². The average molecular weight is 287 g/mol. The van der Waals surface area contributed by atoms with Gasteiger partial charge >= 0.3 is 0 Å². The van der Waals surface area contributed by atoms with E-state index in [1.165, 1.54) is 6.21 Å². The van der Waals surface area contributed by atoms with E-state index in [-0.39, 0.29) is 5.91 Å². The SMILES string of the molecule is O=C(N/N=C/c1c(Cl)cccc1Cl)C1CCCO1. The topological polar surface area (TPSA) is 50.7 Å². The highest BCUT2D eigenvalue weighted by Gasteiger charge is 2.22. The van der Waals surface area contributed by atoms with Gasteiger partial charge in [-0.2, -0.15) is 5.10 Å². The molecule has 6 heteroatoms. The quantitative estimate of drug-likeness (QED) is 0.686. The van der Waals surface area contributed by atoms with Crippen LogP contribution in [0, 0.1) is 0 Å². The number of carbonyl (C=O) groups excluding carboxylic acids is 1. The lowest BCUT2D eigenvalue weighted by Crippen LogP contribution is -2.30. The minimum atomic E-state index is -0.399. The molecule has 4 nitrogen and oxygen atoms in total. The van der Waals surface area contributed by atoms with Crippen molar-refractivity contribution >= 4 is 35.3 Å². The lowest BCUT2D eigenvalue weighted by molar-refractivity contribution is -0.130. The molecular weight excluding hydrogens is 275 g/mol. The van der Waals surface area contributed by atoms with Gasteiger partial charge < -0.3 is 4.74 Å². The molecule has 1 aliphatic heterocycles. The van der Waals surface area contributed by atoms with Gasteiger partial charge in [-0.3, -0.25) is 4.79 Å². The summed E-state index contributed by atoms with van der Waals surface area (Å²) in [6.07, 6.45) is 2.66. The number of carbonyl (C=O) groups is 1. The molecule has 1 N–H and O–H groups in total. The first kappa shape index (κ1) is 13.3. The van der Waals surface area contributed by atoms with E-state index in [2.05, 4.69) is 10.5 Å². The Morgan fingerprint density at radius 2 is 2.17 bits per heavy atom. The van der Waals surface area contributed by atoms with Crippen molar-refractivity contribution in [2.75, 3.05) is 6.61 Å². The zero-order chi connectivity index (χ0) is 13.0. The van der Waals surface area contributed by atoms with Crippen LogP contribution in [0.5, 0.6) is 0 Å². The molecule has 1 amide bonds. The minimum absolute atomic E-state index is 0.244. The monoisotopic (exact) mass is 286 g/mol. The average Bonchev–Trinajstić information content (AvgIpc) is 2.86. The number of nitrogens with one attached hydrogen (secondary N) is 1. The molecular formula is C12H12Cl2N2O2. The van der Waals surface area contributed by atoms with Gasteiger partial charge in [-0.25, -0.2) is 5.43 Å². The van der Waals surface area contributed by atoms with Gasteiger partial charge in [-0.15, -0.1) is 0 Å². The van der Waals surface area contributed by atoms with Crippen molar-refractivity contribution < 1.29 is 9.53 Å². The molecule has 1 saturated heterocycles. The first-order valence-corrected chi connectivity index (χ1v) is 6.32. The van der Waals surface area contributed by atoms with Gasteiger partial charge in [-0.1, -0.05) is 29.3 Å². The van der Waals surface area contributed by atoms with E-state index in [1.54, 1.807) is 18.2 Å². The van der Waals surface area contributed by atoms with Crippen LogP contribution >= 0.6 is 23.2 Å². The number of hydrogen-bond donors (Lipinski definition) is 1. The van der Waals surface area contributed by atoms with Crippen molar-refractivity contribution in [1.29, 1.82) is 0 Å². The van der Waals surface area contributed by atoms with Gasteiger partial charge in [0.2, 0.25) is 0 Å². The molecule has 1 fully saturated rings. The molecule has 1 unspecified atom stereocenters. The van der Waals surface area contributed by atoms with Gasteiger partial charge in [0.15, 0.2) is 0 Å². The van der Waals surface area contributed by atoms with Crippen LogP contribution in [0.4, 0.5) is 0 Å². The maximum absolute atomic E-state index is 11.6. The molecule has 1 aromatic carbocycles. The maximum Gasteiger partial charge on any atom is 0.269 e. The van der Waals surface area contributed by atoms with E-state index in [4.69, 9.17) is 27.9 Å². The fourth-order valence-electron chi connectivity index (χ4n) is 1.65. The van der Waals surface area contributed by atoms with Crippen LogP contribution in [0.15, 0.2) is 23.3 Å². The number of nitrogens with zero attached hydrogens (tertiary/aromatic N) is 1. The van der Waals surface area contributed by atoms with Crippen LogP contribution in [-0.2, 0) is 9.53 Å². The minimum Gasteiger partial charge on any atom is -0.368 e. The second kappa shape index (κ2) is 6.18. The van der Waals surface area contributed by atoms with Gasteiger partial charge in [0.1, 0.15) is 6.10 Å². The number of rotatable bonds is 3. The molecule has 0 radical (unpaired) electrons. The van der Waals surface area contributed by atoms with Crippen LogP contribution in [0.25, 0.3) is 0 Å². The molecule has 0 aromatic heterocycles. The number of benzene rings is 1. The highest BCUT2D eigenvalue weighted by molar-refractivity contribution is 6.38. The molecule has 0 saturated carbocycles. The Balaban J connectivity index is 1.96. The van der Waals surface area contributed by atoms with Gasteiger partial charge in [0.05, 0.1) is 16.3 Å². The third-order valence-electron chi connectivity index (χ3n) is 2.59. The lowest BCUT2D eigenvalue weighted by atomic mass is 10.2. The molecule has 1 aromatic rings. The van der Waals surface area contributed by atoms with E-state index in [9.17, 15) is 4.79 Å². The fourth-order valence-corrected chi connectivity index (χ4v) is 2.15. The number of hydrogen-bond acceptors (Lipinski definition) is 3. The van der Waals surface area contributed by atoms with Crippen molar-refractivity contribution in [3.05, 3.63) is 33.8 Å². The summed E-state index contributed by atoms with van der Waals surface area (Å²) in [6.45, 7) is 0.623. The van der Waals surface area contributed by atoms with Crippen LogP contribution < -0.4 is 5.43 Å². The summed E-state index contributed by atoms with van der Waals surface area (Å²) in [7, 11) is 0. The molecule has 0 aliphatic carbocycles. The predicted octanol–water partition coefficient (Wildman–Crippen LogP) is 2.62. The van der Waals surface area contributed by atoms with Gasteiger partial charge in [0.25, 0.3) is 5.91 Å². The smallest absolute Gasteiger partial charge is 0.269 e. The summed E-state index contributed by atoms with van der Waals surface area (Å²) in [5.74, 6) is -0.244. The Kier molecular flexibility index (Phi) is 4.58. The highest BCUT2D eigenvalue weighted by Crippen LogP contribution is 2.22. The lowest BCUT2D eigenvalue weighted by Gasteiger charge is -2.06. The van der Waals surface area contributed by atoms with Crippen molar-refractivity contribution in [3.63, 3.8) is 0 Å². The van der Waals surface area contributed by atoms with Crippen molar-refractivity contribution in [3.8, 4) is 0 Å². The van der Waals surface area contributed by atoms with Crippen molar-refractivity contribution in [2.45, 2.75) is 18.9 Å². The highest BCUT2D eigenvalue weighted by atomic mass is 35.5. The second-order valence-electron chi connectivity index (χ2n) is 3.87. The van der Waals surface area contributed by atoms with Crippen molar-refractivity contribution in [1.82, 2.24) is 5.43 Å². The molecule has 1 aliphatic rings. The molecule has 1 atom stereocenters. The van der Waals surface area contributed by atoms with Gasteiger partial charge in [0, 0.05) is 12.2 Å².